The standard InChI is InChI=1S/C16H22FN3/c1-11(2)20-13-8-5-7-12(17)14(13)18-15(20)16(3,4)19-9-6-10-19/h5,7-8,11H,6,9-10H2,1-4H3. The number of imidazole rings is 1. The minimum absolute atomic E-state index is 0.159. The van der Waals surface area contributed by atoms with Gasteiger partial charge in [-0.1, -0.05) is 6.07 Å². The van der Waals surface area contributed by atoms with Crippen molar-refractivity contribution in [3.8, 4) is 0 Å². The van der Waals surface area contributed by atoms with E-state index in [1.54, 1.807) is 6.07 Å². The number of hydrogen-bond acceptors (Lipinski definition) is 2. The van der Waals surface area contributed by atoms with Gasteiger partial charge in [-0.3, -0.25) is 4.90 Å². The molecule has 1 aromatic carbocycles. The van der Waals surface area contributed by atoms with Gasteiger partial charge in [0.1, 0.15) is 11.3 Å². The SMILES string of the molecule is CC(C)n1c(C(C)(C)N2CCC2)nc2c(F)cccc21. The minimum Gasteiger partial charge on any atom is -0.324 e. The largest absolute Gasteiger partial charge is 0.324 e. The van der Waals surface area contributed by atoms with E-state index >= 15 is 0 Å². The van der Waals surface area contributed by atoms with Crippen molar-refractivity contribution < 1.29 is 4.39 Å². The second kappa shape index (κ2) is 4.55. The molecule has 1 fully saturated rings. The molecule has 0 N–H and O–H groups in total. The van der Waals surface area contributed by atoms with Gasteiger partial charge in [-0.05, 0) is 46.2 Å². The molecule has 108 valence electrons. The fourth-order valence-corrected chi connectivity index (χ4v) is 3.05. The molecule has 1 aliphatic rings. The first-order valence-electron chi connectivity index (χ1n) is 7.35. The van der Waals surface area contributed by atoms with Crippen molar-refractivity contribution in [3.63, 3.8) is 0 Å². The smallest absolute Gasteiger partial charge is 0.151 e. The van der Waals surface area contributed by atoms with Gasteiger partial charge >= 0.3 is 0 Å². The highest BCUT2D eigenvalue weighted by Gasteiger charge is 2.37. The van der Waals surface area contributed by atoms with E-state index in [4.69, 9.17) is 0 Å². The number of aromatic nitrogens is 2. The molecule has 2 heterocycles. The lowest BCUT2D eigenvalue weighted by molar-refractivity contribution is 0.0439. The molecule has 20 heavy (non-hydrogen) atoms. The average molecular weight is 275 g/mol. The summed E-state index contributed by atoms with van der Waals surface area (Å²) in [4.78, 5) is 7.06. The molecular weight excluding hydrogens is 253 g/mol. The third kappa shape index (κ3) is 1.85. The molecule has 3 rings (SSSR count). The predicted molar refractivity (Wildman–Crippen MR) is 79.3 cm³/mol. The molecule has 3 nitrogen and oxygen atoms in total. The first kappa shape index (κ1) is 13.6. The molecule has 4 heteroatoms. The van der Waals surface area contributed by atoms with Gasteiger partial charge in [-0.15, -0.1) is 0 Å². The molecule has 0 aliphatic carbocycles. The average Bonchev–Trinajstić information content (AvgIpc) is 2.67. The Labute approximate surface area is 119 Å². The Morgan fingerprint density at radius 2 is 1.95 bits per heavy atom. The van der Waals surface area contributed by atoms with Crippen molar-refractivity contribution in [2.45, 2.75) is 45.7 Å². The molecule has 1 saturated heterocycles. The van der Waals surface area contributed by atoms with Crippen molar-refractivity contribution in [1.29, 1.82) is 0 Å². The van der Waals surface area contributed by atoms with Crippen molar-refractivity contribution in [2.75, 3.05) is 13.1 Å². The zero-order valence-electron chi connectivity index (χ0n) is 12.7. The Hall–Kier alpha value is -1.42. The number of nitrogens with zero attached hydrogens (tertiary/aromatic N) is 3. The van der Waals surface area contributed by atoms with Crippen LogP contribution in [0.15, 0.2) is 18.2 Å². The van der Waals surface area contributed by atoms with Gasteiger partial charge in [-0.25, -0.2) is 9.37 Å². The highest BCUT2D eigenvalue weighted by Crippen LogP contribution is 2.35. The fourth-order valence-electron chi connectivity index (χ4n) is 3.05. The van der Waals surface area contributed by atoms with Crippen LogP contribution in [0.2, 0.25) is 0 Å². The molecule has 0 unspecified atom stereocenters. The van der Waals surface area contributed by atoms with E-state index in [1.165, 1.54) is 12.5 Å². The van der Waals surface area contributed by atoms with Gasteiger partial charge in [-0.2, -0.15) is 0 Å². The minimum atomic E-state index is -0.234. The summed E-state index contributed by atoms with van der Waals surface area (Å²) in [5.74, 6) is 0.731. The monoisotopic (exact) mass is 275 g/mol. The van der Waals surface area contributed by atoms with E-state index in [2.05, 4.69) is 42.1 Å². The first-order valence-corrected chi connectivity index (χ1v) is 7.35. The molecule has 1 aromatic heterocycles. The van der Waals surface area contributed by atoms with Crippen LogP contribution in [-0.2, 0) is 5.54 Å². The van der Waals surface area contributed by atoms with Gasteiger partial charge in [0.25, 0.3) is 0 Å². The number of para-hydroxylation sites is 1. The molecule has 0 bridgehead atoms. The van der Waals surface area contributed by atoms with E-state index in [0.717, 1.165) is 24.4 Å². The van der Waals surface area contributed by atoms with Gasteiger partial charge < -0.3 is 4.57 Å². The summed E-state index contributed by atoms with van der Waals surface area (Å²) in [5, 5.41) is 0. The second-order valence-electron chi connectivity index (χ2n) is 6.41. The molecule has 0 spiro atoms. The van der Waals surface area contributed by atoms with E-state index in [1.807, 2.05) is 6.07 Å². The summed E-state index contributed by atoms with van der Waals surface area (Å²) in [6.45, 7) is 10.8. The van der Waals surface area contributed by atoms with Crippen molar-refractivity contribution >= 4 is 11.0 Å². The van der Waals surface area contributed by atoms with Crippen molar-refractivity contribution in [2.24, 2.45) is 0 Å². The van der Waals surface area contributed by atoms with Crippen molar-refractivity contribution in [3.05, 3.63) is 29.8 Å². The lowest BCUT2D eigenvalue weighted by atomic mass is 9.96. The maximum atomic E-state index is 14.0. The van der Waals surface area contributed by atoms with Crippen LogP contribution in [0.5, 0.6) is 0 Å². The zero-order valence-corrected chi connectivity index (χ0v) is 12.7. The number of benzene rings is 1. The summed E-state index contributed by atoms with van der Waals surface area (Å²) in [5.41, 5.74) is 1.22. The Kier molecular flexibility index (Phi) is 3.09. The Morgan fingerprint density at radius 1 is 1.25 bits per heavy atom. The lowest BCUT2D eigenvalue weighted by Crippen LogP contribution is -2.51. The molecular formula is C16H22FN3. The number of halogens is 1. The van der Waals surface area contributed by atoms with Crippen LogP contribution < -0.4 is 0 Å². The van der Waals surface area contributed by atoms with Crippen LogP contribution in [0.25, 0.3) is 11.0 Å². The summed E-state index contributed by atoms with van der Waals surface area (Å²) >= 11 is 0. The number of hydrogen-bond donors (Lipinski definition) is 0. The van der Waals surface area contributed by atoms with Gasteiger partial charge in [0, 0.05) is 19.1 Å². The highest BCUT2D eigenvalue weighted by atomic mass is 19.1. The molecule has 0 radical (unpaired) electrons. The maximum absolute atomic E-state index is 14.0. The first-order chi connectivity index (χ1) is 9.43. The summed E-state index contributed by atoms with van der Waals surface area (Å²) in [6.07, 6.45) is 1.24. The van der Waals surface area contributed by atoms with E-state index in [0.29, 0.717) is 5.52 Å². The number of fused-ring (bicyclic) bond motifs is 1. The predicted octanol–water partition coefficient (Wildman–Crippen LogP) is 3.70. The van der Waals surface area contributed by atoms with Crippen molar-refractivity contribution in [1.82, 2.24) is 14.5 Å². The molecule has 1 aliphatic heterocycles. The van der Waals surface area contributed by atoms with Crippen LogP contribution in [0.3, 0.4) is 0 Å². The van der Waals surface area contributed by atoms with E-state index in [9.17, 15) is 4.39 Å². The van der Waals surface area contributed by atoms with Gasteiger partial charge in [0.15, 0.2) is 5.82 Å². The molecule has 2 aromatic rings. The summed E-state index contributed by atoms with van der Waals surface area (Å²) in [6, 6.07) is 5.47. The Morgan fingerprint density at radius 3 is 2.50 bits per heavy atom. The quantitative estimate of drug-likeness (QED) is 0.851. The summed E-state index contributed by atoms with van der Waals surface area (Å²) < 4.78 is 16.2. The topological polar surface area (TPSA) is 21.1 Å². The Bertz CT molecular complexity index is 638. The van der Waals surface area contributed by atoms with Crippen LogP contribution in [0, 0.1) is 5.82 Å². The lowest BCUT2D eigenvalue weighted by Gasteiger charge is -2.44. The van der Waals surface area contributed by atoms with E-state index in [-0.39, 0.29) is 17.4 Å². The van der Waals surface area contributed by atoms with Gasteiger partial charge in [0.2, 0.25) is 0 Å². The number of rotatable bonds is 3. The maximum Gasteiger partial charge on any atom is 0.151 e. The zero-order chi connectivity index (χ0) is 14.5. The molecule has 0 amide bonds. The fraction of sp³-hybridized carbons (Fsp3) is 0.562. The van der Waals surface area contributed by atoms with Crippen LogP contribution in [-0.4, -0.2) is 27.5 Å². The molecule has 0 saturated carbocycles. The summed E-state index contributed by atoms with van der Waals surface area (Å²) in [7, 11) is 0. The van der Waals surface area contributed by atoms with Crippen LogP contribution >= 0.6 is 0 Å². The highest BCUT2D eigenvalue weighted by molar-refractivity contribution is 5.77. The van der Waals surface area contributed by atoms with E-state index < -0.39 is 0 Å². The normalized spacial score (nSPS) is 16.9. The number of likely N-dealkylation sites (tertiary alicyclic amines) is 1. The third-order valence-corrected chi connectivity index (χ3v) is 4.38. The van der Waals surface area contributed by atoms with Gasteiger partial charge in [0.05, 0.1) is 11.1 Å². The molecule has 0 atom stereocenters. The van der Waals surface area contributed by atoms with Crippen LogP contribution in [0.4, 0.5) is 4.39 Å². The van der Waals surface area contributed by atoms with Crippen LogP contribution in [0.1, 0.15) is 46.0 Å². The third-order valence-electron chi connectivity index (χ3n) is 4.38. The second-order valence-corrected chi connectivity index (χ2v) is 6.41. The Balaban J connectivity index is 2.24.